The molecule has 0 saturated carbocycles. The maximum Gasteiger partial charge on any atom is 0.138 e. The Bertz CT molecular complexity index is 993. The van der Waals surface area contributed by atoms with E-state index < -0.39 is 11.6 Å². The number of nitrogens with zero attached hydrogens (tertiary/aromatic N) is 3. The van der Waals surface area contributed by atoms with Crippen molar-refractivity contribution in [2.24, 2.45) is 0 Å². The zero-order valence-corrected chi connectivity index (χ0v) is 16.5. The van der Waals surface area contributed by atoms with E-state index in [4.69, 9.17) is 0 Å². The Morgan fingerprint density at radius 2 is 1.78 bits per heavy atom. The molecule has 4 rings (SSSR count). The molecule has 1 saturated heterocycles. The Morgan fingerprint density at radius 3 is 2.48 bits per heavy atom. The Morgan fingerprint density at radius 1 is 1.04 bits per heavy atom. The molecule has 142 valence electrons. The highest BCUT2D eigenvalue weighted by molar-refractivity contribution is 7.96. The van der Waals surface area contributed by atoms with E-state index in [9.17, 15) is 8.78 Å². The Balaban J connectivity index is 1.70. The third kappa shape index (κ3) is 3.19. The van der Waals surface area contributed by atoms with Crippen LogP contribution in [0.25, 0.3) is 22.2 Å². The quantitative estimate of drug-likeness (QED) is 0.669. The maximum absolute atomic E-state index is 14.7. The van der Waals surface area contributed by atoms with Crippen molar-refractivity contribution in [3.05, 3.63) is 47.0 Å². The number of piperazine rings is 1. The molecule has 7 heteroatoms. The van der Waals surface area contributed by atoms with Gasteiger partial charge in [0.05, 0.1) is 5.52 Å². The number of rotatable bonds is 3. The summed E-state index contributed by atoms with van der Waals surface area (Å²) in [6.07, 6.45) is 2.10. The molecule has 0 atom stereocenters. The van der Waals surface area contributed by atoms with Gasteiger partial charge in [0.15, 0.2) is 0 Å². The van der Waals surface area contributed by atoms with Crippen LogP contribution in [0, 0.1) is 25.5 Å². The minimum Gasteiger partial charge on any atom is -0.369 e. The number of anilines is 1. The molecule has 1 N–H and O–H groups in total. The van der Waals surface area contributed by atoms with Crippen molar-refractivity contribution < 1.29 is 8.78 Å². The lowest BCUT2D eigenvalue weighted by Gasteiger charge is -2.34. The summed E-state index contributed by atoms with van der Waals surface area (Å²) in [6, 6.07) is 7.61. The molecule has 3 aromatic rings. The molecule has 2 heterocycles. The SMILES string of the molecule is CSN1CCN(c2ccc3c(-c4cc(C)c(F)c(C)c4F)n[nH]c3c2)CC1. The number of benzene rings is 2. The number of nitrogens with one attached hydrogen (secondary N) is 1. The number of aryl methyl sites for hydroxylation is 1. The molecule has 1 aromatic heterocycles. The van der Waals surface area contributed by atoms with Crippen LogP contribution in [0.3, 0.4) is 0 Å². The topological polar surface area (TPSA) is 35.2 Å². The van der Waals surface area contributed by atoms with Crippen LogP contribution in [0.1, 0.15) is 11.1 Å². The zero-order chi connectivity index (χ0) is 19.1. The monoisotopic (exact) mass is 388 g/mol. The average Bonchev–Trinajstić information content (AvgIpc) is 3.12. The van der Waals surface area contributed by atoms with Crippen molar-refractivity contribution in [2.75, 3.05) is 37.3 Å². The first-order valence-electron chi connectivity index (χ1n) is 8.97. The summed E-state index contributed by atoms with van der Waals surface area (Å²) in [6.45, 7) is 7.09. The third-order valence-corrected chi connectivity index (χ3v) is 6.15. The van der Waals surface area contributed by atoms with E-state index in [0.717, 1.165) is 42.8 Å². The largest absolute Gasteiger partial charge is 0.369 e. The molecule has 1 aliphatic rings. The van der Waals surface area contributed by atoms with Gasteiger partial charge in [-0.3, -0.25) is 5.10 Å². The van der Waals surface area contributed by atoms with Gasteiger partial charge in [-0.05, 0) is 49.9 Å². The molecule has 1 fully saturated rings. The van der Waals surface area contributed by atoms with Crippen LogP contribution in [0.4, 0.5) is 14.5 Å². The fraction of sp³-hybridized carbons (Fsp3) is 0.350. The Labute approximate surface area is 161 Å². The number of H-pyrrole nitrogens is 1. The smallest absolute Gasteiger partial charge is 0.138 e. The molecule has 2 aromatic carbocycles. The number of aromatic amines is 1. The molecule has 0 bridgehead atoms. The van der Waals surface area contributed by atoms with Gasteiger partial charge in [-0.2, -0.15) is 5.10 Å². The summed E-state index contributed by atoms with van der Waals surface area (Å²) in [7, 11) is 0. The predicted octanol–water partition coefficient (Wildman–Crippen LogP) is 4.52. The van der Waals surface area contributed by atoms with Crippen LogP contribution in [-0.4, -0.2) is 46.9 Å². The normalized spacial score (nSPS) is 15.7. The second kappa shape index (κ2) is 7.13. The second-order valence-electron chi connectivity index (χ2n) is 6.89. The highest BCUT2D eigenvalue weighted by atomic mass is 32.2. The van der Waals surface area contributed by atoms with Gasteiger partial charge in [0.2, 0.25) is 0 Å². The van der Waals surface area contributed by atoms with Crippen molar-refractivity contribution in [1.82, 2.24) is 14.5 Å². The summed E-state index contributed by atoms with van der Waals surface area (Å²) < 4.78 is 31.0. The summed E-state index contributed by atoms with van der Waals surface area (Å²) >= 11 is 1.78. The van der Waals surface area contributed by atoms with Crippen molar-refractivity contribution in [1.29, 1.82) is 0 Å². The van der Waals surface area contributed by atoms with Gasteiger partial charge in [-0.15, -0.1) is 0 Å². The van der Waals surface area contributed by atoms with Gasteiger partial charge in [0.1, 0.15) is 17.3 Å². The highest BCUT2D eigenvalue weighted by Crippen LogP contribution is 2.33. The summed E-state index contributed by atoms with van der Waals surface area (Å²) in [5, 5.41) is 8.19. The van der Waals surface area contributed by atoms with Crippen LogP contribution in [0.5, 0.6) is 0 Å². The fourth-order valence-electron chi connectivity index (χ4n) is 3.65. The zero-order valence-electron chi connectivity index (χ0n) is 15.6. The Hall–Kier alpha value is -2.12. The summed E-state index contributed by atoms with van der Waals surface area (Å²) in [4.78, 5) is 2.35. The first kappa shape index (κ1) is 18.3. The van der Waals surface area contributed by atoms with E-state index in [2.05, 4.69) is 37.8 Å². The van der Waals surface area contributed by atoms with E-state index in [1.165, 1.54) is 13.0 Å². The number of hydrogen-bond acceptors (Lipinski definition) is 4. The molecule has 0 unspecified atom stereocenters. The molecule has 1 aliphatic heterocycles. The number of halogens is 2. The van der Waals surface area contributed by atoms with Crippen LogP contribution < -0.4 is 4.90 Å². The molecule has 0 aliphatic carbocycles. The Kier molecular flexibility index (Phi) is 4.82. The highest BCUT2D eigenvalue weighted by Gasteiger charge is 2.20. The molecule has 0 radical (unpaired) electrons. The standard InChI is InChI=1S/C20H22F2N4S/c1-12-10-16(19(22)13(2)18(12)21)20-15-5-4-14(11-17(15)23-24-20)25-6-8-26(27-3)9-7-25/h4-5,10-11H,6-9H2,1-3H3,(H,23,24). The van der Waals surface area contributed by atoms with E-state index in [-0.39, 0.29) is 5.56 Å². The number of aromatic nitrogens is 2. The van der Waals surface area contributed by atoms with Gasteiger partial charge < -0.3 is 4.90 Å². The van der Waals surface area contributed by atoms with E-state index in [1.54, 1.807) is 18.9 Å². The van der Waals surface area contributed by atoms with Crippen molar-refractivity contribution in [3.8, 4) is 11.3 Å². The van der Waals surface area contributed by atoms with Crippen molar-refractivity contribution >= 4 is 28.5 Å². The predicted molar refractivity (Wildman–Crippen MR) is 108 cm³/mol. The van der Waals surface area contributed by atoms with Gasteiger partial charge in [-0.25, -0.2) is 13.1 Å². The molecule has 4 nitrogen and oxygen atoms in total. The van der Waals surface area contributed by atoms with Gasteiger partial charge in [0.25, 0.3) is 0 Å². The molecular weight excluding hydrogens is 366 g/mol. The third-order valence-electron chi connectivity index (χ3n) is 5.27. The first-order valence-corrected chi connectivity index (χ1v) is 10.2. The lowest BCUT2D eigenvalue weighted by molar-refractivity contribution is 0.431. The van der Waals surface area contributed by atoms with Crippen molar-refractivity contribution in [2.45, 2.75) is 13.8 Å². The molecule has 27 heavy (non-hydrogen) atoms. The fourth-order valence-corrected chi connectivity index (χ4v) is 4.18. The minimum absolute atomic E-state index is 0.0319. The van der Waals surface area contributed by atoms with Gasteiger partial charge in [-0.1, -0.05) is 11.9 Å². The maximum atomic E-state index is 14.7. The van der Waals surface area contributed by atoms with Crippen LogP contribution in [-0.2, 0) is 0 Å². The number of hydrogen-bond donors (Lipinski definition) is 1. The molecule has 0 amide bonds. The minimum atomic E-state index is -0.552. The van der Waals surface area contributed by atoms with E-state index in [0.29, 0.717) is 16.8 Å². The lowest BCUT2D eigenvalue weighted by atomic mass is 10.0. The molecule has 0 spiro atoms. The number of fused-ring (bicyclic) bond motifs is 1. The van der Waals surface area contributed by atoms with E-state index >= 15 is 0 Å². The van der Waals surface area contributed by atoms with Crippen molar-refractivity contribution in [3.63, 3.8) is 0 Å². The summed E-state index contributed by atoms with van der Waals surface area (Å²) in [5.41, 5.74) is 3.29. The van der Waals surface area contributed by atoms with Crippen LogP contribution in [0.15, 0.2) is 24.3 Å². The second-order valence-corrected chi connectivity index (χ2v) is 7.78. The average molecular weight is 388 g/mol. The van der Waals surface area contributed by atoms with Crippen LogP contribution >= 0.6 is 11.9 Å². The molecular formula is C20H22F2N4S. The van der Waals surface area contributed by atoms with Crippen LogP contribution in [0.2, 0.25) is 0 Å². The summed E-state index contributed by atoms with van der Waals surface area (Å²) in [5.74, 6) is -1.05. The van der Waals surface area contributed by atoms with Gasteiger partial charge in [0, 0.05) is 48.4 Å². The lowest BCUT2D eigenvalue weighted by Crippen LogP contribution is -2.43. The first-order chi connectivity index (χ1) is 13.0. The van der Waals surface area contributed by atoms with E-state index in [1.807, 2.05) is 6.07 Å². The van der Waals surface area contributed by atoms with Gasteiger partial charge >= 0.3 is 0 Å².